The van der Waals surface area contributed by atoms with E-state index in [2.05, 4.69) is 30.1 Å². The molecule has 0 bridgehead atoms. The minimum atomic E-state index is -0.394. The topological polar surface area (TPSA) is 48.9 Å². The second-order valence-electron chi connectivity index (χ2n) is 3.41. The minimum Gasteiger partial charge on any atom is -0.388 e. The molecule has 72 valence electrons. The van der Waals surface area contributed by atoms with Crippen molar-refractivity contribution in [1.29, 1.82) is 0 Å². The Labute approximate surface area is 78.5 Å². The third kappa shape index (κ3) is 3.42. The molecule has 0 spiro atoms. The van der Waals surface area contributed by atoms with Crippen LogP contribution < -0.4 is 0 Å². The number of hydrogen-bond acceptors (Lipinski definition) is 2. The van der Waals surface area contributed by atoms with E-state index in [0.717, 1.165) is 18.4 Å². The van der Waals surface area contributed by atoms with Crippen molar-refractivity contribution in [2.45, 2.75) is 32.8 Å². The van der Waals surface area contributed by atoms with E-state index in [-0.39, 0.29) is 0 Å². The van der Waals surface area contributed by atoms with Crippen molar-refractivity contribution in [3.63, 3.8) is 0 Å². The second kappa shape index (κ2) is 4.82. The average molecular weight is 180 g/mol. The van der Waals surface area contributed by atoms with E-state index in [4.69, 9.17) is 0 Å². The van der Waals surface area contributed by atoms with E-state index in [9.17, 15) is 5.11 Å². The number of H-pyrrole nitrogens is 1. The van der Waals surface area contributed by atoms with Gasteiger partial charge in [-0.15, -0.1) is 0 Å². The first-order valence-corrected chi connectivity index (χ1v) is 4.50. The summed E-state index contributed by atoms with van der Waals surface area (Å²) in [5.74, 6) is 0. The largest absolute Gasteiger partial charge is 0.388 e. The summed E-state index contributed by atoms with van der Waals surface area (Å²) in [5, 5.41) is 16.1. The monoisotopic (exact) mass is 180 g/mol. The van der Waals surface area contributed by atoms with Crippen LogP contribution in [0, 0.1) is 0 Å². The Bertz CT molecular complexity index is 260. The normalized spacial score (nSPS) is 12.5. The fourth-order valence-corrected chi connectivity index (χ4v) is 1.14. The Hall–Kier alpha value is -1.09. The lowest BCUT2D eigenvalue weighted by Gasteiger charge is -2.05. The molecule has 0 saturated heterocycles. The number of allylic oxidation sites excluding steroid dienone is 2. The van der Waals surface area contributed by atoms with Crippen LogP contribution >= 0.6 is 0 Å². The highest BCUT2D eigenvalue weighted by Gasteiger charge is 2.06. The predicted molar refractivity (Wildman–Crippen MR) is 52.2 cm³/mol. The Kier molecular flexibility index (Phi) is 3.71. The highest BCUT2D eigenvalue weighted by atomic mass is 16.3. The zero-order chi connectivity index (χ0) is 9.68. The molecule has 3 heteroatoms. The Morgan fingerprint density at radius 1 is 1.69 bits per heavy atom. The molecule has 1 unspecified atom stereocenters. The molecule has 0 radical (unpaired) electrons. The zero-order valence-electron chi connectivity index (χ0n) is 8.12. The lowest BCUT2D eigenvalue weighted by atomic mass is 10.1. The lowest BCUT2D eigenvalue weighted by molar-refractivity contribution is 0.168. The SMILES string of the molecule is CC(C)=CCCC(O)c1cn[nH]c1. The molecule has 1 aromatic heterocycles. The van der Waals surface area contributed by atoms with Gasteiger partial charge in [-0.2, -0.15) is 5.10 Å². The number of nitrogens with one attached hydrogen (secondary N) is 1. The molecular formula is C10H16N2O. The zero-order valence-corrected chi connectivity index (χ0v) is 8.12. The third-order valence-corrected chi connectivity index (χ3v) is 1.90. The molecule has 13 heavy (non-hydrogen) atoms. The number of rotatable bonds is 4. The van der Waals surface area contributed by atoms with Gasteiger partial charge in [-0.3, -0.25) is 5.10 Å². The van der Waals surface area contributed by atoms with Gasteiger partial charge in [0.25, 0.3) is 0 Å². The van der Waals surface area contributed by atoms with Crippen LogP contribution in [-0.2, 0) is 0 Å². The van der Waals surface area contributed by atoms with E-state index in [1.54, 1.807) is 12.4 Å². The lowest BCUT2D eigenvalue weighted by Crippen LogP contribution is -1.94. The first kappa shape index (κ1) is 9.99. The van der Waals surface area contributed by atoms with Gasteiger partial charge >= 0.3 is 0 Å². The molecule has 0 amide bonds. The number of nitrogens with zero attached hydrogens (tertiary/aromatic N) is 1. The molecule has 0 aliphatic carbocycles. The summed E-state index contributed by atoms with van der Waals surface area (Å²) in [6.45, 7) is 4.12. The van der Waals surface area contributed by atoms with Crippen LogP contribution in [0.3, 0.4) is 0 Å². The van der Waals surface area contributed by atoms with Gasteiger partial charge in [0.15, 0.2) is 0 Å². The Balaban J connectivity index is 2.34. The fourth-order valence-electron chi connectivity index (χ4n) is 1.14. The molecule has 2 N–H and O–H groups in total. The highest BCUT2D eigenvalue weighted by Crippen LogP contribution is 2.16. The fraction of sp³-hybridized carbons (Fsp3) is 0.500. The van der Waals surface area contributed by atoms with Crippen molar-refractivity contribution >= 4 is 0 Å². The van der Waals surface area contributed by atoms with Gasteiger partial charge in [0.05, 0.1) is 12.3 Å². The quantitative estimate of drug-likeness (QED) is 0.698. The van der Waals surface area contributed by atoms with E-state index >= 15 is 0 Å². The van der Waals surface area contributed by atoms with Gasteiger partial charge in [0.1, 0.15) is 0 Å². The van der Waals surface area contributed by atoms with Crippen molar-refractivity contribution in [2.24, 2.45) is 0 Å². The Morgan fingerprint density at radius 2 is 2.46 bits per heavy atom. The van der Waals surface area contributed by atoms with Crippen LogP contribution in [-0.4, -0.2) is 15.3 Å². The van der Waals surface area contributed by atoms with Crippen molar-refractivity contribution in [2.75, 3.05) is 0 Å². The van der Waals surface area contributed by atoms with E-state index in [1.165, 1.54) is 5.57 Å². The smallest absolute Gasteiger partial charge is 0.0823 e. The molecule has 1 rings (SSSR count). The minimum absolute atomic E-state index is 0.394. The van der Waals surface area contributed by atoms with E-state index in [1.807, 2.05) is 0 Å². The van der Waals surface area contributed by atoms with Crippen LogP contribution in [0.4, 0.5) is 0 Å². The summed E-state index contributed by atoms with van der Waals surface area (Å²) in [4.78, 5) is 0. The third-order valence-electron chi connectivity index (χ3n) is 1.90. The first-order valence-electron chi connectivity index (χ1n) is 4.50. The van der Waals surface area contributed by atoms with Gasteiger partial charge in [-0.1, -0.05) is 11.6 Å². The predicted octanol–water partition coefficient (Wildman–Crippen LogP) is 2.19. The van der Waals surface area contributed by atoms with E-state index < -0.39 is 6.10 Å². The average Bonchev–Trinajstić information content (AvgIpc) is 2.55. The van der Waals surface area contributed by atoms with Gasteiger partial charge in [-0.25, -0.2) is 0 Å². The van der Waals surface area contributed by atoms with Gasteiger partial charge < -0.3 is 5.11 Å². The molecule has 3 nitrogen and oxygen atoms in total. The van der Waals surface area contributed by atoms with Crippen LogP contribution in [0.25, 0.3) is 0 Å². The highest BCUT2D eigenvalue weighted by molar-refractivity contribution is 5.07. The Morgan fingerprint density at radius 3 is 3.00 bits per heavy atom. The van der Waals surface area contributed by atoms with Crippen molar-refractivity contribution in [3.05, 3.63) is 29.6 Å². The van der Waals surface area contributed by atoms with Gasteiger partial charge in [0, 0.05) is 11.8 Å². The maximum Gasteiger partial charge on any atom is 0.0823 e. The standard InChI is InChI=1S/C10H16N2O/c1-8(2)4-3-5-10(13)9-6-11-12-7-9/h4,6-7,10,13H,3,5H2,1-2H3,(H,11,12). The molecular weight excluding hydrogens is 164 g/mol. The molecule has 1 aromatic rings. The molecule has 0 aliphatic heterocycles. The van der Waals surface area contributed by atoms with Crippen LogP contribution in [0.5, 0.6) is 0 Å². The maximum atomic E-state index is 9.63. The number of aliphatic hydroxyl groups is 1. The number of aromatic amines is 1. The molecule has 0 saturated carbocycles. The van der Waals surface area contributed by atoms with Crippen molar-refractivity contribution in [3.8, 4) is 0 Å². The summed E-state index contributed by atoms with van der Waals surface area (Å²) in [5.41, 5.74) is 2.15. The molecule has 0 aliphatic rings. The van der Waals surface area contributed by atoms with Crippen LogP contribution in [0.2, 0.25) is 0 Å². The van der Waals surface area contributed by atoms with Gasteiger partial charge in [0.2, 0.25) is 0 Å². The number of hydrogen-bond donors (Lipinski definition) is 2. The molecule has 0 fully saturated rings. The summed E-state index contributed by atoms with van der Waals surface area (Å²) < 4.78 is 0. The molecule has 1 atom stereocenters. The van der Waals surface area contributed by atoms with Crippen LogP contribution in [0.1, 0.15) is 38.4 Å². The first-order chi connectivity index (χ1) is 6.20. The summed E-state index contributed by atoms with van der Waals surface area (Å²) in [6, 6.07) is 0. The van der Waals surface area contributed by atoms with Gasteiger partial charge in [-0.05, 0) is 26.7 Å². The van der Waals surface area contributed by atoms with E-state index in [0.29, 0.717) is 0 Å². The summed E-state index contributed by atoms with van der Waals surface area (Å²) >= 11 is 0. The second-order valence-corrected chi connectivity index (χ2v) is 3.41. The van der Waals surface area contributed by atoms with Crippen molar-refractivity contribution in [1.82, 2.24) is 10.2 Å². The van der Waals surface area contributed by atoms with Crippen LogP contribution in [0.15, 0.2) is 24.0 Å². The number of aliphatic hydroxyl groups excluding tert-OH is 1. The molecule has 1 heterocycles. The van der Waals surface area contributed by atoms with Crippen molar-refractivity contribution < 1.29 is 5.11 Å². The molecule has 0 aromatic carbocycles. The maximum absolute atomic E-state index is 9.63. The summed E-state index contributed by atoms with van der Waals surface area (Å²) in [7, 11) is 0. The number of aromatic nitrogens is 2. The summed E-state index contributed by atoms with van der Waals surface area (Å²) in [6.07, 6.45) is 6.79.